The van der Waals surface area contributed by atoms with Crippen LogP contribution in [0.25, 0.3) is 0 Å². The average molecular weight is 279 g/mol. The van der Waals surface area contributed by atoms with Crippen molar-refractivity contribution in [1.29, 1.82) is 0 Å². The van der Waals surface area contributed by atoms with Crippen LogP contribution in [0, 0.1) is 5.41 Å². The van der Waals surface area contributed by atoms with Crippen LogP contribution in [0.1, 0.15) is 64.2 Å². The second kappa shape index (κ2) is 7.26. The minimum absolute atomic E-state index is 0.00864. The maximum atomic E-state index is 12.1. The van der Waals surface area contributed by atoms with E-state index in [2.05, 4.69) is 6.58 Å². The first-order valence-corrected chi connectivity index (χ1v) is 8.25. The SMILES string of the molecule is C=CCC1(C(O)CCC(=O)N2CCCC2)CCCCC1. The molecule has 0 spiro atoms. The molecule has 1 heterocycles. The van der Waals surface area contributed by atoms with E-state index in [0.29, 0.717) is 12.8 Å². The standard InChI is InChI=1S/C17H29NO2/c1-2-10-17(11-4-3-5-12-17)15(19)8-9-16(20)18-13-6-7-14-18/h2,15,19H,1,3-14H2. The van der Waals surface area contributed by atoms with Gasteiger partial charge in [0, 0.05) is 19.5 Å². The largest absolute Gasteiger partial charge is 0.393 e. The molecule has 114 valence electrons. The lowest BCUT2D eigenvalue weighted by atomic mass is 9.67. The Labute approximate surface area is 123 Å². The first-order valence-electron chi connectivity index (χ1n) is 8.25. The first kappa shape index (κ1) is 15.6. The first-order chi connectivity index (χ1) is 9.68. The number of allylic oxidation sites excluding steroid dienone is 1. The second-order valence-electron chi connectivity index (χ2n) is 6.56. The number of amides is 1. The van der Waals surface area contributed by atoms with Crippen molar-refractivity contribution in [3.63, 3.8) is 0 Å². The van der Waals surface area contributed by atoms with Gasteiger partial charge in [0.05, 0.1) is 6.10 Å². The minimum atomic E-state index is -0.354. The molecule has 1 unspecified atom stereocenters. The summed E-state index contributed by atoms with van der Waals surface area (Å²) in [6, 6.07) is 0. The summed E-state index contributed by atoms with van der Waals surface area (Å²) in [7, 11) is 0. The molecule has 3 heteroatoms. The van der Waals surface area contributed by atoms with E-state index in [9.17, 15) is 9.90 Å². The topological polar surface area (TPSA) is 40.5 Å². The Kier molecular flexibility index (Phi) is 5.64. The summed E-state index contributed by atoms with van der Waals surface area (Å²) < 4.78 is 0. The van der Waals surface area contributed by atoms with Gasteiger partial charge in [-0.1, -0.05) is 25.3 Å². The summed E-state index contributed by atoms with van der Waals surface area (Å²) in [5.74, 6) is 0.228. The fourth-order valence-electron chi connectivity index (χ4n) is 3.91. The van der Waals surface area contributed by atoms with Crippen LogP contribution in [-0.2, 0) is 4.79 Å². The van der Waals surface area contributed by atoms with Gasteiger partial charge in [0.15, 0.2) is 0 Å². The van der Waals surface area contributed by atoms with Gasteiger partial charge in [-0.25, -0.2) is 0 Å². The van der Waals surface area contributed by atoms with Crippen molar-refractivity contribution in [2.24, 2.45) is 5.41 Å². The molecule has 2 aliphatic rings. The molecule has 20 heavy (non-hydrogen) atoms. The zero-order valence-electron chi connectivity index (χ0n) is 12.6. The van der Waals surface area contributed by atoms with Gasteiger partial charge in [-0.15, -0.1) is 6.58 Å². The van der Waals surface area contributed by atoms with Crippen molar-refractivity contribution in [1.82, 2.24) is 4.90 Å². The molecule has 1 N–H and O–H groups in total. The predicted molar refractivity (Wildman–Crippen MR) is 81.4 cm³/mol. The quantitative estimate of drug-likeness (QED) is 0.758. The number of hydrogen-bond donors (Lipinski definition) is 1. The Balaban J connectivity index is 1.86. The Morgan fingerprint density at radius 1 is 1.20 bits per heavy atom. The zero-order valence-corrected chi connectivity index (χ0v) is 12.6. The van der Waals surface area contributed by atoms with Crippen LogP contribution in [0.4, 0.5) is 0 Å². The van der Waals surface area contributed by atoms with Gasteiger partial charge in [-0.3, -0.25) is 4.79 Å². The lowest BCUT2D eigenvalue weighted by Gasteiger charge is -2.41. The highest BCUT2D eigenvalue weighted by atomic mass is 16.3. The third-order valence-electron chi connectivity index (χ3n) is 5.20. The highest BCUT2D eigenvalue weighted by molar-refractivity contribution is 5.76. The van der Waals surface area contributed by atoms with Gasteiger partial charge in [0.1, 0.15) is 0 Å². The van der Waals surface area contributed by atoms with Crippen LogP contribution in [0.5, 0.6) is 0 Å². The molecule has 2 rings (SSSR count). The summed E-state index contributed by atoms with van der Waals surface area (Å²) in [6.45, 7) is 5.67. The summed E-state index contributed by atoms with van der Waals surface area (Å²) in [5, 5.41) is 10.6. The number of carbonyl (C=O) groups excluding carboxylic acids is 1. The molecule has 0 radical (unpaired) electrons. The average Bonchev–Trinajstić information content (AvgIpc) is 3.00. The number of hydrogen-bond acceptors (Lipinski definition) is 2. The number of likely N-dealkylation sites (tertiary alicyclic amines) is 1. The number of aliphatic hydroxyl groups excluding tert-OH is 1. The summed E-state index contributed by atoms with van der Waals surface area (Å²) in [5.41, 5.74) is -0.00864. The molecule has 0 aromatic heterocycles. The normalized spacial score (nSPS) is 23.6. The van der Waals surface area contributed by atoms with Gasteiger partial charge in [-0.2, -0.15) is 0 Å². The van der Waals surface area contributed by atoms with Gasteiger partial charge in [0.25, 0.3) is 0 Å². The smallest absolute Gasteiger partial charge is 0.222 e. The Morgan fingerprint density at radius 2 is 1.85 bits per heavy atom. The number of nitrogens with zero attached hydrogens (tertiary/aromatic N) is 1. The molecular formula is C17H29NO2. The number of carbonyl (C=O) groups is 1. The predicted octanol–water partition coefficient (Wildman–Crippen LogP) is 3.28. The van der Waals surface area contributed by atoms with Crippen LogP contribution in [0.15, 0.2) is 12.7 Å². The molecule has 0 aromatic rings. The molecule has 0 aromatic carbocycles. The van der Waals surface area contributed by atoms with Crippen LogP contribution in [0.2, 0.25) is 0 Å². The number of aliphatic hydroxyl groups is 1. The van der Waals surface area contributed by atoms with Gasteiger partial charge >= 0.3 is 0 Å². The summed E-state index contributed by atoms with van der Waals surface area (Å²) >= 11 is 0. The van der Waals surface area contributed by atoms with Crippen molar-refractivity contribution in [3.8, 4) is 0 Å². The minimum Gasteiger partial charge on any atom is -0.393 e. The molecule has 1 saturated heterocycles. The van der Waals surface area contributed by atoms with Crippen LogP contribution in [0.3, 0.4) is 0 Å². The number of rotatable bonds is 6. The van der Waals surface area contributed by atoms with Crippen molar-refractivity contribution >= 4 is 5.91 Å². The Hall–Kier alpha value is -0.830. The van der Waals surface area contributed by atoms with Gasteiger partial charge < -0.3 is 10.0 Å². The van der Waals surface area contributed by atoms with Crippen LogP contribution in [-0.4, -0.2) is 35.1 Å². The summed E-state index contributed by atoms with van der Waals surface area (Å²) in [6.07, 6.45) is 11.7. The third kappa shape index (κ3) is 3.63. The fourth-order valence-corrected chi connectivity index (χ4v) is 3.91. The van der Waals surface area contributed by atoms with E-state index >= 15 is 0 Å². The van der Waals surface area contributed by atoms with E-state index in [4.69, 9.17) is 0 Å². The van der Waals surface area contributed by atoms with Gasteiger partial charge in [0.2, 0.25) is 5.91 Å². The van der Waals surface area contributed by atoms with Crippen molar-refractivity contribution in [3.05, 3.63) is 12.7 Å². The van der Waals surface area contributed by atoms with Crippen molar-refractivity contribution in [2.75, 3.05) is 13.1 Å². The lowest BCUT2D eigenvalue weighted by molar-refractivity contribution is -0.131. The highest BCUT2D eigenvalue weighted by Crippen LogP contribution is 2.43. The van der Waals surface area contributed by atoms with E-state index in [0.717, 1.165) is 45.2 Å². The molecule has 2 fully saturated rings. The van der Waals surface area contributed by atoms with E-state index < -0.39 is 0 Å². The maximum absolute atomic E-state index is 12.1. The molecule has 1 saturated carbocycles. The van der Waals surface area contributed by atoms with E-state index in [1.165, 1.54) is 19.3 Å². The maximum Gasteiger partial charge on any atom is 0.222 e. The van der Waals surface area contributed by atoms with E-state index in [-0.39, 0.29) is 17.4 Å². The zero-order chi connectivity index (χ0) is 14.4. The molecule has 3 nitrogen and oxygen atoms in total. The molecule has 1 atom stereocenters. The van der Waals surface area contributed by atoms with Crippen LogP contribution >= 0.6 is 0 Å². The summed E-state index contributed by atoms with van der Waals surface area (Å²) in [4.78, 5) is 14.0. The highest BCUT2D eigenvalue weighted by Gasteiger charge is 2.37. The second-order valence-corrected chi connectivity index (χ2v) is 6.56. The van der Waals surface area contributed by atoms with Crippen molar-refractivity contribution < 1.29 is 9.90 Å². The van der Waals surface area contributed by atoms with E-state index in [1.54, 1.807) is 0 Å². The molecular weight excluding hydrogens is 250 g/mol. The molecule has 1 aliphatic heterocycles. The lowest BCUT2D eigenvalue weighted by Crippen LogP contribution is -2.38. The monoisotopic (exact) mass is 279 g/mol. The molecule has 0 bridgehead atoms. The van der Waals surface area contributed by atoms with E-state index in [1.807, 2.05) is 11.0 Å². The fraction of sp³-hybridized carbons (Fsp3) is 0.824. The third-order valence-corrected chi connectivity index (χ3v) is 5.20. The van der Waals surface area contributed by atoms with Gasteiger partial charge in [-0.05, 0) is 43.9 Å². The van der Waals surface area contributed by atoms with Crippen molar-refractivity contribution in [2.45, 2.75) is 70.3 Å². The molecule has 1 amide bonds. The molecule has 1 aliphatic carbocycles. The Bertz CT molecular complexity index is 328. The Morgan fingerprint density at radius 3 is 2.45 bits per heavy atom. The van der Waals surface area contributed by atoms with Crippen LogP contribution < -0.4 is 0 Å².